The summed E-state index contributed by atoms with van der Waals surface area (Å²) in [7, 11) is 0. The molecule has 0 fully saturated rings. The third-order valence-corrected chi connectivity index (χ3v) is 23.7. The highest BCUT2D eigenvalue weighted by Gasteiger charge is 2.29. The molecule has 0 aromatic heterocycles. The summed E-state index contributed by atoms with van der Waals surface area (Å²) in [6.07, 6.45) is 2.80. The van der Waals surface area contributed by atoms with Gasteiger partial charge in [0.05, 0.1) is 119 Å². The second-order valence-corrected chi connectivity index (χ2v) is 33.8. The van der Waals surface area contributed by atoms with Crippen LogP contribution in [0.2, 0.25) is 0 Å². The van der Waals surface area contributed by atoms with Crippen molar-refractivity contribution in [3.63, 3.8) is 0 Å². The largest absolute Gasteiger partial charge is 0.507 e. The summed E-state index contributed by atoms with van der Waals surface area (Å²) in [5.41, 5.74) is 20.8. The van der Waals surface area contributed by atoms with Crippen LogP contribution in [0.1, 0.15) is 220 Å². The van der Waals surface area contributed by atoms with Crippen LogP contribution in [0.4, 0.5) is 0 Å². The van der Waals surface area contributed by atoms with Gasteiger partial charge in [0.15, 0.2) is 0 Å². The number of hydrogen-bond acceptors (Lipinski definition) is 30. The lowest BCUT2D eigenvalue weighted by molar-refractivity contribution is 0.132. The van der Waals surface area contributed by atoms with Crippen LogP contribution in [0.15, 0.2) is 146 Å². The van der Waals surface area contributed by atoms with E-state index in [-0.39, 0.29) is 159 Å². The summed E-state index contributed by atoms with van der Waals surface area (Å²) in [5, 5.41) is 270. The molecule has 30 heteroatoms. The molecule has 12 rings (SSSR count). The molecule has 0 heterocycles. The van der Waals surface area contributed by atoms with Gasteiger partial charge in [0, 0.05) is 125 Å². The maximum Gasteiger partial charge on any atom is 0.126 e. The molecule has 12 aromatic rings. The van der Waals surface area contributed by atoms with E-state index < -0.39 is 31.8 Å². The summed E-state index contributed by atoms with van der Waals surface area (Å²) in [4.78, 5) is 0. The molecule has 0 amide bonds. The van der Waals surface area contributed by atoms with Crippen LogP contribution in [-0.2, 0) is 166 Å². The number of rotatable bonds is 34. The first kappa shape index (κ1) is 113. The zero-order valence-electron chi connectivity index (χ0n) is 79.4. The molecule has 0 aliphatic rings. The van der Waals surface area contributed by atoms with Gasteiger partial charge >= 0.3 is 0 Å². The van der Waals surface area contributed by atoms with Crippen molar-refractivity contribution in [2.45, 2.75) is 226 Å². The van der Waals surface area contributed by atoms with Crippen LogP contribution in [0.25, 0.3) is 22.3 Å². The zero-order chi connectivity index (χ0) is 102. The van der Waals surface area contributed by atoms with Gasteiger partial charge < -0.3 is 152 Å². The topological polar surface area (TPSA) is 585 Å². The molecular formula is C108H132O30. The number of aryl methyl sites for hydroxylation is 6. The highest BCUT2D eigenvalue weighted by Crippen LogP contribution is 2.43. The van der Waals surface area contributed by atoms with Crippen molar-refractivity contribution in [2.24, 2.45) is 0 Å². The van der Waals surface area contributed by atoms with E-state index in [2.05, 4.69) is 0 Å². The van der Waals surface area contributed by atoms with Gasteiger partial charge in [-0.05, 0) is 265 Å². The van der Waals surface area contributed by atoms with Gasteiger partial charge in [-0.25, -0.2) is 0 Å². The standard InChI is InChI=1S/C22H30O4.C19H24O6.C17H20O6.2C17H20O4.C16H18O6/c1-5-15-9-17(11-19(21(15)23)13-25-7-3)18-10-16(6-2)22(24)20(12-18)14-26-8-4;1-19(2,15-3-11(7-20)17(24)12(4-15)8-21)16-5-13(9-22)18(25)14(6-16)10-23;18-6-12-2-10(3-13(7-19)16(12)22)1-11-4-14(8-20)17(23)15(5-11)9-21;1-10-3-12(6-14(8-18)16(10)20)5-13-4-11(2)17(21)15(7-13)9-19;1-10-3-12(16(20)14(5-10)8-18)7-13-4-11(2)6-15(9-19)17(13)21;17-5-11-1-9(2-12(6-18)15(11)21)10-3-13(7-19)16(22)14(4-10)8-20/h9-12,23-24H,5-8,13-14H2,1-4H3;3-6,20-25H,7-10H2,1-2H3;2-5,18-23H,1,6-9H2;3-4,6-7,18-21H,5,8-9H2,1-2H3;3-6,18-21H,7-9H2,1-2H3;1-4,17-22H,5-8H2. The first-order valence-corrected chi connectivity index (χ1v) is 44.8. The molecule has 0 atom stereocenters. The monoisotopic (exact) mass is 1910 g/mol. The van der Waals surface area contributed by atoms with Gasteiger partial charge in [0.25, 0.3) is 0 Å². The van der Waals surface area contributed by atoms with Gasteiger partial charge in [0.2, 0.25) is 0 Å². The van der Waals surface area contributed by atoms with Crippen molar-refractivity contribution in [1.29, 1.82) is 0 Å². The van der Waals surface area contributed by atoms with E-state index in [0.717, 1.165) is 102 Å². The molecule has 12 aromatic carbocycles. The Morgan fingerprint density at radius 1 is 0.196 bits per heavy atom. The van der Waals surface area contributed by atoms with E-state index in [1.807, 2.05) is 104 Å². The molecule has 138 heavy (non-hydrogen) atoms. The molecule has 0 aliphatic carbocycles. The number of aromatic hydroxyl groups is 12. The molecule has 28 N–H and O–H groups in total. The molecular weight excluding hydrogens is 1780 g/mol. The van der Waals surface area contributed by atoms with Gasteiger partial charge in [-0.15, -0.1) is 0 Å². The minimum atomic E-state index is -0.636. The Bertz CT molecular complexity index is 5590. The molecule has 30 nitrogen and oxygen atoms in total. The van der Waals surface area contributed by atoms with Gasteiger partial charge in [0.1, 0.15) is 69.0 Å². The van der Waals surface area contributed by atoms with E-state index in [1.54, 1.807) is 111 Å². The normalized spacial score (nSPS) is 11.1. The van der Waals surface area contributed by atoms with Crippen molar-refractivity contribution >= 4 is 0 Å². The number of ether oxygens (including phenoxy) is 2. The van der Waals surface area contributed by atoms with Crippen LogP contribution in [0.5, 0.6) is 69.0 Å². The highest BCUT2D eigenvalue weighted by molar-refractivity contribution is 5.72. The van der Waals surface area contributed by atoms with E-state index >= 15 is 0 Å². The average Bonchev–Trinajstić information content (AvgIpc) is 0.767. The van der Waals surface area contributed by atoms with Gasteiger partial charge in [-0.3, -0.25) is 0 Å². The molecule has 0 spiro atoms. The minimum Gasteiger partial charge on any atom is -0.507 e. The van der Waals surface area contributed by atoms with Crippen LogP contribution in [0, 0.1) is 27.7 Å². The maximum atomic E-state index is 10.5. The molecule has 0 unspecified atom stereocenters. The Morgan fingerprint density at radius 2 is 0.370 bits per heavy atom. The van der Waals surface area contributed by atoms with Gasteiger partial charge in [-0.2, -0.15) is 0 Å². The smallest absolute Gasteiger partial charge is 0.126 e. The lowest BCUT2D eigenvalue weighted by Gasteiger charge is -2.29. The summed E-state index contributed by atoms with van der Waals surface area (Å²) in [6.45, 7) is 15.7. The average molecular weight is 1910 g/mol. The fourth-order valence-electron chi connectivity index (χ4n) is 16.0. The van der Waals surface area contributed by atoms with Gasteiger partial charge in [-0.1, -0.05) is 75.2 Å². The van der Waals surface area contributed by atoms with Crippen molar-refractivity contribution in [2.75, 3.05) is 13.2 Å². The summed E-state index contributed by atoms with van der Waals surface area (Å²) in [6, 6.07) is 41.6. The molecule has 0 aliphatic heterocycles. The summed E-state index contributed by atoms with van der Waals surface area (Å²) < 4.78 is 11.0. The highest BCUT2D eigenvalue weighted by atomic mass is 16.5. The van der Waals surface area contributed by atoms with Crippen molar-refractivity contribution in [1.82, 2.24) is 0 Å². The second-order valence-electron chi connectivity index (χ2n) is 33.8. The van der Waals surface area contributed by atoms with Crippen LogP contribution < -0.4 is 0 Å². The molecule has 744 valence electrons. The van der Waals surface area contributed by atoms with Crippen molar-refractivity contribution < 1.29 is 152 Å². The van der Waals surface area contributed by atoms with Crippen LogP contribution >= 0.6 is 0 Å². The number of aliphatic hydroxyl groups excluding tert-OH is 16. The first-order valence-electron chi connectivity index (χ1n) is 44.8. The van der Waals surface area contributed by atoms with E-state index in [0.29, 0.717) is 146 Å². The second kappa shape index (κ2) is 53.5. The number of phenols is 12. The molecule has 0 saturated heterocycles. The Labute approximate surface area is 802 Å². The maximum absolute atomic E-state index is 10.5. The fourth-order valence-corrected chi connectivity index (χ4v) is 16.0. The Hall–Kier alpha value is -12.5. The van der Waals surface area contributed by atoms with Crippen LogP contribution in [-0.4, -0.2) is 156 Å². The van der Waals surface area contributed by atoms with E-state index in [1.165, 1.54) is 0 Å². The predicted molar refractivity (Wildman–Crippen MR) is 519 cm³/mol. The molecule has 0 bridgehead atoms. The van der Waals surface area contributed by atoms with E-state index in [4.69, 9.17) is 9.47 Å². The number of aliphatic hydroxyl groups is 16. The first-order chi connectivity index (χ1) is 65.8. The SMILES string of the molecule is CC(C)(c1cc(CO)c(O)c(CO)c1)c1cc(CO)c(O)c(CO)c1.CCOCc1cc(-c2cc(CC)c(O)c(COCC)c2)cc(CC)c1O.Cc1cc(CO)c(O)c(Cc2cc(C)cc(CO)c2O)c1.Cc1cc(Cc2cc(C)c(O)c(CO)c2)cc(CO)c1O.OCc1cc(-c2cc(CO)c(O)c(CO)c2)cc(CO)c1O.OCc1cc(Cc2cc(CO)c(O)c(CO)c2)cc(CO)c1O. The quantitative estimate of drug-likeness (QED) is 0.0178. The zero-order valence-corrected chi connectivity index (χ0v) is 79.4. The lowest BCUT2D eigenvalue weighted by atomic mass is 9.76. The lowest BCUT2D eigenvalue weighted by Crippen LogP contribution is -2.20. The number of benzene rings is 12. The Kier molecular flexibility index (Phi) is 43.6. The summed E-state index contributed by atoms with van der Waals surface area (Å²) >= 11 is 0. The van der Waals surface area contributed by atoms with Crippen LogP contribution in [0.3, 0.4) is 0 Å². The number of hydrogen-bond donors (Lipinski definition) is 28. The van der Waals surface area contributed by atoms with E-state index in [9.17, 15) is 143 Å². The Morgan fingerprint density at radius 3 is 0.594 bits per heavy atom. The minimum absolute atomic E-state index is 0.0505. The number of phenolic OH excluding ortho intramolecular Hbond substituents is 2. The third kappa shape index (κ3) is 28.4. The predicted octanol–water partition coefficient (Wildman–Crippen LogP) is 12.3. The molecule has 0 saturated carbocycles. The third-order valence-electron chi connectivity index (χ3n) is 23.7. The van der Waals surface area contributed by atoms with Crippen molar-refractivity contribution in [3.05, 3.63) is 324 Å². The fraction of sp³-hybridized carbons (Fsp3) is 0.333. The Balaban J connectivity index is 0.000000226. The van der Waals surface area contributed by atoms with Crippen molar-refractivity contribution in [3.8, 4) is 91.2 Å². The summed E-state index contributed by atoms with van der Waals surface area (Å²) in [5.74, 6) is 0.109. The molecule has 0 radical (unpaired) electrons.